The zero-order valence-corrected chi connectivity index (χ0v) is 10.8. The van der Waals surface area contributed by atoms with Crippen LogP contribution in [0.4, 0.5) is 5.69 Å². The van der Waals surface area contributed by atoms with Crippen molar-refractivity contribution in [3.63, 3.8) is 0 Å². The van der Waals surface area contributed by atoms with Crippen LogP contribution in [-0.2, 0) is 10.0 Å². The molecule has 1 rings (SSSR count). The van der Waals surface area contributed by atoms with Crippen molar-refractivity contribution in [3.8, 4) is 0 Å². The predicted molar refractivity (Wildman–Crippen MR) is 68.2 cm³/mol. The van der Waals surface area contributed by atoms with Crippen molar-refractivity contribution in [1.82, 2.24) is 0 Å². The molecule has 0 bridgehead atoms. The summed E-state index contributed by atoms with van der Waals surface area (Å²) in [6.07, 6.45) is 1.08. The Morgan fingerprint density at radius 1 is 1.19 bits per heavy atom. The van der Waals surface area contributed by atoms with E-state index in [1.807, 2.05) is 24.3 Å². The second kappa shape index (κ2) is 5.34. The quantitative estimate of drug-likeness (QED) is 0.861. The Balaban J connectivity index is 2.80. The van der Waals surface area contributed by atoms with Gasteiger partial charge in [0.2, 0.25) is 10.0 Å². The van der Waals surface area contributed by atoms with Crippen molar-refractivity contribution in [2.45, 2.75) is 33.1 Å². The van der Waals surface area contributed by atoms with Gasteiger partial charge in [-0.25, -0.2) is 8.42 Å². The summed E-state index contributed by atoms with van der Waals surface area (Å²) in [5, 5.41) is 0. The average Bonchev–Trinajstić information content (AvgIpc) is 2.28. The molecule has 1 N–H and O–H groups in total. The van der Waals surface area contributed by atoms with Crippen molar-refractivity contribution in [1.29, 1.82) is 0 Å². The molecule has 0 saturated heterocycles. The molecule has 3 nitrogen and oxygen atoms in total. The number of benzene rings is 1. The van der Waals surface area contributed by atoms with Crippen LogP contribution in [-0.4, -0.2) is 14.2 Å². The molecule has 0 saturated carbocycles. The molecule has 16 heavy (non-hydrogen) atoms. The molecule has 1 aromatic carbocycles. The zero-order valence-electron chi connectivity index (χ0n) is 10.0. The summed E-state index contributed by atoms with van der Waals surface area (Å²) in [6.45, 7) is 5.92. The molecule has 0 aromatic heterocycles. The molecule has 1 aromatic rings. The van der Waals surface area contributed by atoms with Crippen LogP contribution >= 0.6 is 0 Å². The molecule has 0 unspecified atom stereocenters. The first-order valence-corrected chi connectivity index (χ1v) is 7.24. The third-order valence-electron chi connectivity index (χ3n) is 2.75. The van der Waals surface area contributed by atoms with Crippen LogP contribution in [0.1, 0.15) is 38.7 Å². The Bertz CT molecular complexity index is 423. The van der Waals surface area contributed by atoms with E-state index >= 15 is 0 Å². The molecule has 0 aliphatic heterocycles. The molecule has 4 heteroatoms. The van der Waals surface area contributed by atoms with E-state index in [0.29, 0.717) is 11.6 Å². The van der Waals surface area contributed by atoms with Crippen LogP contribution in [0.5, 0.6) is 0 Å². The van der Waals surface area contributed by atoms with Crippen molar-refractivity contribution in [3.05, 3.63) is 29.8 Å². The van der Waals surface area contributed by atoms with Crippen molar-refractivity contribution in [2.75, 3.05) is 10.5 Å². The number of hydrogen-bond acceptors (Lipinski definition) is 2. The summed E-state index contributed by atoms with van der Waals surface area (Å²) in [5.74, 6) is 0.608. The van der Waals surface area contributed by atoms with E-state index in [4.69, 9.17) is 0 Å². The third-order valence-corrected chi connectivity index (χ3v) is 4.05. The molecule has 0 amide bonds. The topological polar surface area (TPSA) is 46.2 Å². The van der Waals surface area contributed by atoms with Crippen LogP contribution in [0.25, 0.3) is 0 Å². The van der Waals surface area contributed by atoms with Crippen molar-refractivity contribution < 1.29 is 8.42 Å². The lowest BCUT2D eigenvalue weighted by atomic mass is 9.99. The molecule has 0 heterocycles. The smallest absolute Gasteiger partial charge is 0.232 e. The summed E-state index contributed by atoms with van der Waals surface area (Å²) < 4.78 is 25.2. The highest BCUT2D eigenvalue weighted by Crippen LogP contribution is 2.20. The van der Waals surface area contributed by atoms with Gasteiger partial charge in [-0.2, -0.15) is 0 Å². The monoisotopic (exact) mass is 241 g/mol. The maximum absolute atomic E-state index is 11.3. The fourth-order valence-electron chi connectivity index (χ4n) is 1.37. The number of sulfonamides is 1. The van der Waals surface area contributed by atoms with Gasteiger partial charge in [0.25, 0.3) is 0 Å². The van der Waals surface area contributed by atoms with E-state index in [2.05, 4.69) is 18.6 Å². The van der Waals surface area contributed by atoms with Crippen LogP contribution in [0.2, 0.25) is 0 Å². The lowest BCUT2D eigenvalue weighted by Crippen LogP contribution is -2.14. The Labute approximate surface area is 97.9 Å². The van der Waals surface area contributed by atoms with Gasteiger partial charge in [-0.15, -0.1) is 0 Å². The van der Waals surface area contributed by atoms with Gasteiger partial charge in [-0.3, -0.25) is 4.72 Å². The van der Waals surface area contributed by atoms with E-state index < -0.39 is 10.0 Å². The van der Waals surface area contributed by atoms with Gasteiger partial charge in [0.05, 0.1) is 5.75 Å². The van der Waals surface area contributed by atoms with Gasteiger partial charge in [0.1, 0.15) is 0 Å². The van der Waals surface area contributed by atoms with Gasteiger partial charge in [0.15, 0.2) is 0 Å². The number of rotatable bonds is 5. The average molecular weight is 241 g/mol. The highest BCUT2D eigenvalue weighted by atomic mass is 32.2. The number of nitrogens with one attached hydrogen (secondary N) is 1. The van der Waals surface area contributed by atoms with E-state index in [-0.39, 0.29) is 5.75 Å². The first-order valence-electron chi connectivity index (χ1n) is 5.59. The van der Waals surface area contributed by atoms with Crippen LogP contribution in [0, 0.1) is 0 Å². The Kier molecular flexibility index (Phi) is 4.35. The lowest BCUT2D eigenvalue weighted by molar-refractivity contribution is 0.602. The largest absolute Gasteiger partial charge is 0.284 e. The SMILES string of the molecule is CC[C@H](C)c1ccc(NS(=O)(=O)CC)cc1. The van der Waals surface area contributed by atoms with E-state index in [1.54, 1.807) is 6.92 Å². The molecule has 1 atom stereocenters. The predicted octanol–water partition coefficient (Wildman–Crippen LogP) is 2.96. The Hall–Kier alpha value is -1.03. The molecule has 0 fully saturated rings. The summed E-state index contributed by atoms with van der Waals surface area (Å²) >= 11 is 0. The molecule has 0 spiro atoms. The second-order valence-electron chi connectivity index (χ2n) is 3.94. The van der Waals surface area contributed by atoms with E-state index in [0.717, 1.165) is 6.42 Å². The molecule has 0 radical (unpaired) electrons. The second-order valence-corrected chi connectivity index (χ2v) is 5.95. The van der Waals surface area contributed by atoms with E-state index in [9.17, 15) is 8.42 Å². The van der Waals surface area contributed by atoms with Gasteiger partial charge >= 0.3 is 0 Å². The standard InChI is InChI=1S/C12H19NO2S/c1-4-10(3)11-6-8-12(9-7-11)13-16(14,15)5-2/h6-10,13H,4-5H2,1-3H3/t10-/m0/s1. The normalized spacial score (nSPS) is 13.4. The maximum Gasteiger partial charge on any atom is 0.232 e. The number of hydrogen-bond donors (Lipinski definition) is 1. The molecule has 0 aliphatic rings. The van der Waals surface area contributed by atoms with Crippen molar-refractivity contribution in [2.24, 2.45) is 0 Å². The van der Waals surface area contributed by atoms with Crippen molar-refractivity contribution >= 4 is 15.7 Å². The summed E-state index contributed by atoms with van der Waals surface area (Å²) in [4.78, 5) is 0. The Morgan fingerprint density at radius 2 is 1.75 bits per heavy atom. The van der Waals surface area contributed by atoms with Gasteiger partial charge < -0.3 is 0 Å². The highest BCUT2D eigenvalue weighted by molar-refractivity contribution is 7.92. The summed E-state index contributed by atoms with van der Waals surface area (Å²) in [5.41, 5.74) is 1.87. The van der Waals surface area contributed by atoms with Crippen LogP contribution in [0.15, 0.2) is 24.3 Å². The molecular formula is C12H19NO2S. The number of anilines is 1. The van der Waals surface area contributed by atoms with E-state index in [1.165, 1.54) is 5.56 Å². The summed E-state index contributed by atoms with van der Waals surface area (Å²) in [7, 11) is -3.16. The maximum atomic E-state index is 11.3. The first kappa shape index (κ1) is 13.0. The van der Waals surface area contributed by atoms with Crippen LogP contribution < -0.4 is 4.72 Å². The minimum atomic E-state index is -3.16. The third kappa shape index (κ3) is 3.52. The lowest BCUT2D eigenvalue weighted by Gasteiger charge is -2.10. The molecule has 0 aliphatic carbocycles. The Morgan fingerprint density at radius 3 is 2.19 bits per heavy atom. The minimum absolute atomic E-state index is 0.0973. The summed E-state index contributed by atoms with van der Waals surface area (Å²) in [6, 6.07) is 7.58. The van der Waals surface area contributed by atoms with Gasteiger partial charge in [-0.05, 0) is 37.0 Å². The fourth-order valence-corrected chi connectivity index (χ4v) is 2.01. The highest BCUT2D eigenvalue weighted by Gasteiger charge is 2.07. The molecule has 90 valence electrons. The molecular weight excluding hydrogens is 222 g/mol. The van der Waals surface area contributed by atoms with Crippen LogP contribution in [0.3, 0.4) is 0 Å². The van der Waals surface area contributed by atoms with Gasteiger partial charge in [0, 0.05) is 5.69 Å². The van der Waals surface area contributed by atoms with Gasteiger partial charge in [-0.1, -0.05) is 26.0 Å². The first-order chi connectivity index (χ1) is 7.48. The zero-order chi connectivity index (χ0) is 12.2. The minimum Gasteiger partial charge on any atom is -0.284 e. The fraction of sp³-hybridized carbons (Fsp3) is 0.500.